The molecule has 4 heteroatoms. The molecule has 1 aliphatic rings. The van der Waals surface area contributed by atoms with Crippen molar-refractivity contribution in [3.05, 3.63) is 71.8 Å². The molecule has 0 fully saturated rings. The zero-order valence-electron chi connectivity index (χ0n) is 13.0. The number of esters is 1. The highest BCUT2D eigenvalue weighted by Crippen LogP contribution is 2.23. The van der Waals surface area contributed by atoms with Crippen molar-refractivity contribution in [1.82, 2.24) is 0 Å². The summed E-state index contributed by atoms with van der Waals surface area (Å²) >= 11 is 0. The molecule has 2 aromatic carbocycles. The van der Waals surface area contributed by atoms with Gasteiger partial charge in [-0.15, -0.1) is 0 Å². The van der Waals surface area contributed by atoms with Gasteiger partial charge in [0.1, 0.15) is 5.92 Å². The molecule has 0 spiro atoms. The summed E-state index contributed by atoms with van der Waals surface area (Å²) < 4.78 is 5.24. The zero-order chi connectivity index (χ0) is 16.1. The van der Waals surface area contributed by atoms with Gasteiger partial charge >= 0.3 is 5.97 Å². The largest absolute Gasteiger partial charge is 0.465 e. The van der Waals surface area contributed by atoms with Gasteiger partial charge in [0.15, 0.2) is 0 Å². The lowest BCUT2D eigenvalue weighted by molar-refractivity contribution is -0.145. The van der Waals surface area contributed by atoms with Crippen LogP contribution in [0.1, 0.15) is 24.5 Å². The molecule has 0 amide bonds. The first-order chi connectivity index (χ1) is 11.3. The van der Waals surface area contributed by atoms with Gasteiger partial charge in [0.05, 0.1) is 18.0 Å². The van der Waals surface area contributed by atoms with Crippen LogP contribution in [0.25, 0.3) is 0 Å². The maximum absolute atomic E-state index is 12.4. The number of carbonyl (C=O) groups excluding carboxylic acids is 1. The van der Waals surface area contributed by atoms with Gasteiger partial charge in [-0.25, -0.2) is 0 Å². The Morgan fingerprint density at radius 3 is 2.22 bits per heavy atom. The molecule has 1 aliphatic heterocycles. The fraction of sp³-hybridized carbons (Fsp3) is 0.211. The lowest BCUT2D eigenvalue weighted by Crippen LogP contribution is -2.31. The number of benzene rings is 2. The van der Waals surface area contributed by atoms with Gasteiger partial charge < -0.3 is 4.74 Å². The van der Waals surface area contributed by atoms with E-state index in [0.717, 1.165) is 16.8 Å². The molecule has 1 heterocycles. The first kappa shape index (κ1) is 15.2. The minimum atomic E-state index is -0.426. The SMILES string of the molecule is CCOC(=O)C1CC(c2ccccc2)=NN=C1c1ccccc1. The molecule has 3 rings (SSSR count). The van der Waals surface area contributed by atoms with E-state index in [4.69, 9.17) is 4.74 Å². The average molecular weight is 306 g/mol. The van der Waals surface area contributed by atoms with E-state index >= 15 is 0 Å². The Bertz CT molecular complexity index is 736. The van der Waals surface area contributed by atoms with Gasteiger partial charge in [0.2, 0.25) is 0 Å². The molecule has 4 nitrogen and oxygen atoms in total. The lowest BCUT2D eigenvalue weighted by atomic mass is 9.89. The first-order valence-corrected chi connectivity index (χ1v) is 7.71. The second-order valence-corrected chi connectivity index (χ2v) is 5.27. The Hall–Kier alpha value is -2.75. The lowest BCUT2D eigenvalue weighted by Gasteiger charge is -2.21. The maximum atomic E-state index is 12.4. The summed E-state index contributed by atoms with van der Waals surface area (Å²) in [5.41, 5.74) is 3.37. The van der Waals surface area contributed by atoms with E-state index in [2.05, 4.69) is 10.2 Å². The van der Waals surface area contributed by atoms with Crippen LogP contribution in [0.3, 0.4) is 0 Å². The predicted octanol–water partition coefficient (Wildman–Crippen LogP) is 3.46. The van der Waals surface area contributed by atoms with Gasteiger partial charge in [-0.1, -0.05) is 60.7 Å². The summed E-state index contributed by atoms with van der Waals surface area (Å²) in [6.45, 7) is 2.17. The third-order valence-electron chi connectivity index (χ3n) is 3.75. The van der Waals surface area contributed by atoms with Gasteiger partial charge in [0.25, 0.3) is 0 Å². The van der Waals surface area contributed by atoms with Crippen molar-refractivity contribution < 1.29 is 9.53 Å². The zero-order valence-corrected chi connectivity index (χ0v) is 13.0. The third-order valence-corrected chi connectivity index (χ3v) is 3.75. The molecule has 0 aliphatic carbocycles. The molecular formula is C19H18N2O2. The van der Waals surface area contributed by atoms with E-state index in [1.807, 2.05) is 67.6 Å². The van der Waals surface area contributed by atoms with E-state index < -0.39 is 5.92 Å². The smallest absolute Gasteiger partial charge is 0.315 e. The fourth-order valence-corrected chi connectivity index (χ4v) is 2.63. The normalized spacial score (nSPS) is 17.2. The monoisotopic (exact) mass is 306 g/mol. The average Bonchev–Trinajstić information content (AvgIpc) is 2.63. The van der Waals surface area contributed by atoms with Crippen molar-refractivity contribution in [2.45, 2.75) is 13.3 Å². The number of hydrogen-bond acceptors (Lipinski definition) is 4. The van der Waals surface area contributed by atoms with Crippen LogP contribution in [0.4, 0.5) is 0 Å². The number of rotatable bonds is 4. The summed E-state index contributed by atoms with van der Waals surface area (Å²) in [5.74, 6) is -0.677. The molecule has 0 saturated heterocycles. The number of carbonyl (C=O) groups is 1. The molecule has 0 bridgehead atoms. The van der Waals surface area contributed by atoms with Crippen LogP contribution in [-0.2, 0) is 9.53 Å². The molecule has 23 heavy (non-hydrogen) atoms. The van der Waals surface area contributed by atoms with Crippen molar-refractivity contribution in [3.8, 4) is 0 Å². The van der Waals surface area contributed by atoms with E-state index in [0.29, 0.717) is 18.7 Å². The standard InChI is InChI=1S/C19H18N2O2/c1-2-23-19(22)16-13-17(14-9-5-3-6-10-14)20-21-18(16)15-11-7-4-8-12-15/h3-12,16H,2,13H2,1H3. The van der Waals surface area contributed by atoms with E-state index in [1.54, 1.807) is 0 Å². The molecule has 0 saturated carbocycles. The van der Waals surface area contributed by atoms with Crippen molar-refractivity contribution in [1.29, 1.82) is 0 Å². The van der Waals surface area contributed by atoms with Gasteiger partial charge in [-0.3, -0.25) is 4.79 Å². The Morgan fingerprint density at radius 2 is 1.61 bits per heavy atom. The Labute approximate surface area is 135 Å². The van der Waals surface area contributed by atoms with Crippen LogP contribution in [0.2, 0.25) is 0 Å². The summed E-state index contributed by atoms with van der Waals surface area (Å²) in [4.78, 5) is 12.4. The van der Waals surface area contributed by atoms with Crippen molar-refractivity contribution >= 4 is 17.4 Å². The molecule has 2 aromatic rings. The summed E-state index contributed by atoms with van der Waals surface area (Å²) in [5, 5.41) is 8.69. The Balaban J connectivity index is 1.98. The summed E-state index contributed by atoms with van der Waals surface area (Å²) in [7, 11) is 0. The number of nitrogens with zero attached hydrogens (tertiary/aromatic N) is 2. The minimum Gasteiger partial charge on any atom is -0.465 e. The number of hydrogen-bond donors (Lipinski definition) is 0. The second-order valence-electron chi connectivity index (χ2n) is 5.27. The van der Waals surface area contributed by atoms with Crippen LogP contribution in [0, 0.1) is 5.92 Å². The van der Waals surface area contributed by atoms with Crippen LogP contribution in [0.15, 0.2) is 70.9 Å². The van der Waals surface area contributed by atoms with E-state index in [1.165, 1.54) is 0 Å². The van der Waals surface area contributed by atoms with Crippen molar-refractivity contribution in [3.63, 3.8) is 0 Å². The molecule has 0 radical (unpaired) electrons. The summed E-state index contributed by atoms with van der Waals surface area (Å²) in [6, 6.07) is 19.5. The molecule has 116 valence electrons. The summed E-state index contributed by atoms with van der Waals surface area (Å²) in [6.07, 6.45) is 0.497. The number of ether oxygens (including phenoxy) is 1. The van der Waals surface area contributed by atoms with Crippen LogP contribution in [-0.4, -0.2) is 24.0 Å². The molecule has 0 N–H and O–H groups in total. The quantitative estimate of drug-likeness (QED) is 0.812. The maximum Gasteiger partial charge on any atom is 0.315 e. The second kappa shape index (κ2) is 7.01. The predicted molar refractivity (Wildman–Crippen MR) is 90.7 cm³/mol. The third kappa shape index (κ3) is 3.37. The fourth-order valence-electron chi connectivity index (χ4n) is 2.63. The van der Waals surface area contributed by atoms with Gasteiger partial charge in [0, 0.05) is 6.42 Å². The van der Waals surface area contributed by atoms with E-state index in [-0.39, 0.29) is 5.97 Å². The first-order valence-electron chi connectivity index (χ1n) is 7.71. The minimum absolute atomic E-state index is 0.251. The highest BCUT2D eigenvalue weighted by atomic mass is 16.5. The van der Waals surface area contributed by atoms with Crippen molar-refractivity contribution in [2.24, 2.45) is 16.1 Å². The molecule has 0 aromatic heterocycles. The van der Waals surface area contributed by atoms with E-state index in [9.17, 15) is 4.79 Å². The highest BCUT2D eigenvalue weighted by molar-refractivity contribution is 6.17. The Morgan fingerprint density at radius 1 is 1.00 bits per heavy atom. The Kier molecular flexibility index (Phi) is 4.62. The van der Waals surface area contributed by atoms with Crippen LogP contribution < -0.4 is 0 Å². The van der Waals surface area contributed by atoms with Gasteiger partial charge in [-0.2, -0.15) is 10.2 Å². The molecule has 1 unspecified atom stereocenters. The van der Waals surface area contributed by atoms with Crippen LogP contribution in [0.5, 0.6) is 0 Å². The van der Waals surface area contributed by atoms with Crippen molar-refractivity contribution in [2.75, 3.05) is 6.61 Å². The topological polar surface area (TPSA) is 51.0 Å². The highest BCUT2D eigenvalue weighted by Gasteiger charge is 2.31. The molecular weight excluding hydrogens is 288 g/mol. The van der Waals surface area contributed by atoms with Gasteiger partial charge in [-0.05, 0) is 18.1 Å². The van der Waals surface area contributed by atoms with Crippen LogP contribution >= 0.6 is 0 Å². The molecule has 1 atom stereocenters.